The van der Waals surface area contributed by atoms with Gasteiger partial charge in [0.25, 0.3) is 5.91 Å². The van der Waals surface area contributed by atoms with Crippen molar-refractivity contribution >= 4 is 29.1 Å². The van der Waals surface area contributed by atoms with Gasteiger partial charge in [0, 0.05) is 23.5 Å². The second kappa shape index (κ2) is 8.05. The minimum atomic E-state index is -0.369. The molecule has 0 radical (unpaired) electrons. The van der Waals surface area contributed by atoms with E-state index in [2.05, 4.69) is 20.6 Å². The number of aryl methyl sites for hydroxylation is 1. The van der Waals surface area contributed by atoms with E-state index in [1.54, 1.807) is 37.3 Å². The van der Waals surface area contributed by atoms with Crippen LogP contribution in [-0.2, 0) is 4.79 Å². The van der Waals surface area contributed by atoms with Gasteiger partial charge in [-0.2, -0.15) is 0 Å². The van der Waals surface area contributed by atoms with Crippen LogP contribution < -0.4 is 16.4 Å². The molecule has 0 atom stereocenters. The van der Waals surface area contributed by atoms with Crippen LogP contribution in [0, 0.1) is 6.92 Å². The Bertz CT molecular complexity index is 708. The number of unbranched alkanes of at least 4 members (excludes halogenated alkanes) is 1. The van der Waals surface area contributed by atoms with Crippen LogP contribution >= 0.6 is 0 Å². The number of aromatic nitrogens is 2. The summed E-state index contributed by atoms with van der Waals surface area (Å²) in [4.78, 5) is 31.7. The second-order valence-electron chi connectivity index (χ2n) is 5.44. The molecule has 2 aromatic rings. The van der Waals surface area contributed by atoms with Crippen molar-refractivity contribution in [2.24, 2.45) is 0 Å². The highest BCUT2D eigenvalue weighted by Gasteiger charge is 2.10. The molecule has 2 amide bonds. The zero-order valence-corrected chi connectivity index (χ0v) is 13.8. The summed E-state index contributed by atoms with van der Waals surface area (Å²) in [6.07, 6.45) is 2.34. The lowest BCUT2D eigenvalue weighted by Gasteiger charge is -2.08. The van der Waals surface area contributed by atoms with Gasteiger partial charge in [-0.05, 0) is 43.7 Å². The number of nitrogens with zero attached hydrogens (tertiary/aromatic N) is 2. The van der Waals surface area contributed by atoms with Crippen LogP contribution in [-0.4, -0.2) is 21.8 Å². The SMILES string of the molecule is CCCCC(=O)Nc1ccc(NC(=O)c2cc(C)nc(N)n2)cc1. The largest absolute Gasteiger partial charge is 0.368 e. The number of nitrogen functional groups attached to an aromatic ring is 1. The average Bonchev–Trinajstić information content (AvgIpc) is 2.54. The van der Waals surface area contributed by atoms with Gasteiger partial charge in [0.15, 0.2) is 0 Å². The molecule has 0 bridgehead atoms. The summed E-state index contributed by atoms with van der Waals surface area (Å²) in [7, 11) is 0. The third kappa shape index (κ3) is 5.05. The van der Waals surface area contributed by atoms with Crippen LogP contribution in [0.3, 0.4) is 0 Å². The number of hydrogen-bond acceptors (Lipinski definition) is 5. The van der Waals surface area contributed by atoms with E-state index >= 15 is 0 Å². The molecular formula is C17H21N5O2. The molecule has 0 aliphatic heterocycles. The fraction of sp³-hybridized carbons (Fsp3) is 0.294. The van der Waals surface area contributed by atoms with Crippen LogP contribution in [0.5, 0.6) is 0 Å². The van der Waals surface area contributed by atoms with E-state index in [4.69, 9.17) is 5.73 Å². The van der Waals surface area contributed by atoms with E-state index in [0.717, 1.165) is 12.8 Å². The maximum Gasteiger partial charge on any atom is 0.274 e. The molecule has 7 nitrogen and oxygen atoms in total. The van der Waals surface area contributed by atoms with E-state index in [0.29, 0.717) is 23.5 Å². The number of benzene rings is 1. The second-order valence-corrected chi connectivity index (χ2v) is 5.44. The highest BCUT2D eigenvalue weighted by Crippen LogP contribution is 2.15. The third-order valence-corrected chi connectivity index (χ3v) is 3.29. The number of nitrogens with two attached hydrogens (primary N) is 1. The van der Waals surface area contributed by atoms with Crippen molar-refractivity contribution in [2.45, 2.75) is 33.1 Å². The summed E-state index contributed by atoms with van der Waals surface area (Å²) in [5.74, 6) is -0.321. The number of anilines is 3. The molecule has 0 fully saturated rings. The monoisotopic (exact) mass is 327 g/mol. The minimum Gasteiger partial charge on any atom is -0.368 e. The van der Waals surface area contributed by atoms with Crippen molar-refractivity contribution in [1.29, 1.82) is 0 Å². The van der Waals surface area contributed by atoms with Gasteiger partial charge in [-0.15, -0.1) is 0 Å². The lowest BCUT2D eigenvalue weighted by molar-refractivity contribution is -0.116. The summed E-state index contributed by atoms with van der Waals surface area (Å²) in [6.45, 7) is 3.78. The quantitative estimate of drug-likeness (QED) is 0.755. The normalized spacial score (nSPS) is 10.2. The summed E-state index contributed by atoms with van der Waals surface area (Å²) < 4.78 is 0. The first-order valence-electron chi connectivity index (χ1n) is 7.80. The van der Waals surface area contributed by atoms with Crippen molar-refractivity contribution in [1.82, 2.24) is 9.97 Å². The molecule has 0 saturated heterocycles. The Balaban J connectivity index is 1.98. The Morgan fingerprint density at radius 2 is 1.71 bits per heavy atom. The van der Waals surface area contributed by atoms with E-state index in [1.165, 1.54) is 0 Å². The van der Waals surface area contributed by atoms with Crippen LogP contribution in [0.2, 0.25) is 0 Å². The van der Waals surface area contributed by atoms with Crippen LogP contribution in [0.1, 0.15) is 42.4 Å². The number of nitrogens with one attached hydrogen (secondary N) is 2. The summed E-state index contributed by atoms with van der Waals surface area (Å²) in [5, 5.41) is 5.55. The smallest absolute Gasteiger partial charge is 0.274 e. The van der Waals surface area contributed by atoms with Crippen LogP contribution in [0.25, 0.3) is 0 Å². The third-order valence-electron chi connectivity index (χ3n) is 3.29. The predicted molar refractivity (Wildman–Crippen MR) is 93.7 cm³/mol. The molecule has 0 saturated carbocycles. The number of hydrogen-bond donors (Lipinski definition) is 3. The molecular weight excluding hydrogens is 306 g/mol. The van der Waals surface area contributed by atoms with Gasteiger partial charge in [-0.1, -0.05) is 13.3 Å². The summed E-state index contributed by atoms with van der Waals surface area (Å²) in [6, 6.07) is 8.46. The Morgan fingerprint density at radius 3 is 2.29 bits per heavy atom. The van der Waals surface area contributed by atoms with Crippen LogP contribution in [0.15, 0.2) is 30.3 Å². The lowest BCUT2D eigenvalue weighted by atomic mass is 10.2. The maximum absolute atomic E-state index is 12.2. The van der Waals surface area contributed by atoms with Gasteiger partial charge < -0.3 is 16.4 Å². The van der Waals surface area contributed by atoms with Gasteiger partial charge in [0.2, 0.25) is 11.9 Å². The van der Waals surface area contributed by atoms with Gasteiger partial charge in [0.05, 0.1) is 0 Å². The van der Waals surface area contributed by atoms with Gasteiger partial charge in [-0.25, -0.2) is 9.97 Å². The van der Waals surface area contributed by atoms with Crippen molar-refractivity contribution in [2.75, 3.05) is 16.4 Å². The predicted octanol–water partition coefficient (Wildman–Crippen LogP) is 2.75. The van der Waals surface area contributed by atoms with E-state index in [9.17, 15) is 9.59 Å². The molecule has 2 rings (SSSR count). The average molecular weight is 327 g/mol. The van der Waals surface area contributed by atoms with E-state index in [1.807, 2.05) is 6.92 Å². The zero-order valence-electron chi connectivity index (χ0n) is 13.8. The van der Waals surface area contributed by atoms with E-state index < -0.39 is 0 Å². The van der Waals surface area contributed by atoms with Crippen molar-refractivity contribution < 1.29 is 9.59 Å². The molecule has 1 aromatic carbocycles. The zero-order chi connectivity index (χ0) is 17.5. The number of carbonyl (C=O) groups excluding carboxylic acids is 2. The lowest BCUT2D eigenvalue weighted by Crippen LogP contribution is -2.15. The molecule has 0 aliphatic carbocycles. The molecule has 4 N–H and O–H groups in total. The molecule has 7 heteroatoms. The summed E-state index contributed by atoms with van der Waals surface area (Å²) >= 11 is 0. The Labute approximate surface area is 140 Å². The highest BCUT2D eigenvalue weighted by atomic mass is 16.2. The first-order valence-corrected chi connectivity index (χ1v) is 7.80. The molecule has 0 aliphatic rings. The molecule has 24 heavy (non-hydrogen) atoms. The van der Waals surface area contributed by atoms with Crippen molar-refractivity contribution in [3.8, 4) is 0 Å². The fourth-order valence-corrected chi connectivity index (χ4v) is 2.10. The molecule has 1 heterocycles. The highest BCUT2D eigenvalue weighted by molar-refractivity contribution is 6.03. The topological polar surface area (TPSA) is 110 Å². The van der Waals surface area contributed by atoms with Gasteiger partial charge >= 0.3 is 0 Å². The first kappa shape index (κ1) is 17.4. The molecule has 0 unspecified atom stereocenters. The Kier molecular flexibility index (Phi) is 5.83. The van der Waals surface area contributed by atoms with E-state index in [-0.39, 0.29) is 23.5 Å². The van der Waals surface area contributed by atoms with Crippen LogP contribution in [0.4, 0.5) is 17.3 Å². The first-order chi connectivity index (χ1) is 11.5. The standard InChI is InChI=1S/C17H21N5O2/c1-3-4-5-15(23)20-12-6-8-13(9-7-12)21-16(24)14-10-11(2)19-17(18)22-14/h6-10H,3-5H2,1-2H3,(H,20,23)(H,21,24)(H2,18,19,22). The summed E-state index contributed by atoms with van der Waals surface area (Å²) in [5.41, 5.74) is 7.67. The number of rotatable bonds is 6. The van der Waals surface area contributed by atoms with Crippen molar-refractivity contribution in [3.05, 3.63) is 41.7 Å². The molecule has 0 spiro atoms. The number of amides is 2. The Hall–Kier alpha value is -2.96. The molecule has 126 valence electrons. The van der Waals surface area contributed by atoms with Gasteiger partial charge in [0.1, 0.15) is 5.69 Å². The maximum atomic E-state index is 12.2. The number of carbonyl (C=O) groups is 2. The molecule has 1 aromatic heterocycles. The van der Waals surface area contributed by atoms with Crippen molar-refractivity contribution in [3.63, 3.8) is 0 Å². The Morgan fingerprint density at radius 1 is 1.08 bits per heavy atom. The minimum absolute atomic E-state index is 0.0134. The van der Waals surface area contributed by atoms with Gasteiger partial charge in [-0.3, -0.25) is 9.59 Å². The fourth-order valence-electron chi connectivity index (χ4n) is 2.10.